The molecule has 0 unspecified atom stereocenters. The van der Waals surface area contributed by atoms with E-state index in [1.165, 1.54) is 0 Å². The lowest BCUT2D eigenvalue weighted by Crippen LogP contribution is -2.65. The molecule has 0 aromatic carbocycles. The monoisotopic (exact) mass is 201 g/mol. The van der Waals surface area contributed by atoms with Gasteiger partial charge in [0.15, 0.2) is 0 Å². The van der Waals surface area contributed by atoms with E-state index in [2.05, 4.69) is 41.5 Å². The fourth-order valence-corrected chi connectivity index (χ4v) is 2.56. The first-order valence-electron chi connectivity index (χ1n) is 5.32. The van der Waals surface area contributed by atoms with Crippen LogP contribution >= 0.6 is 0 Å². The number of carboxylic acids is 1. The number of carboxylic acid groups (broad SMARTS) is 1. The maximum absolute atomic E-state index is 10.8. The number of aliphatic carboxylic acids is 1. The first-order chi connectivity index (χ1) is 6.25. The third-order valence-corrected chi connectivity index (χ3v) is 3.29. The van der Waals surface area contributed by atoms with Gasteiger partial charge in [0.25, 0.3) is 0 Å². The molecule has 0 fully saturated rings. The average molecular weight is 201 g/mol. The van der Waals surface area contributed by atoms with Crippen LogP contribution in [0.3, 0.4) is 0 Å². The van der Waals surface area contributed by atoms with E-state index in [0.29, 0.717) is 22.6 Å². The summed E-state index contributed by atoms with van der Waals surface area (Å²) >= 11 is 0. The highest BCUT2D eigenvalue weighted by molar-refractivity contribution is 5.65. The van der Waals surface area contributed by atoms with Crippen LogP contribution in [0.15, 0.2) is 0 Å². The molecule has 0 rings (SSSR count). The second-order valence-electron chi connectivity index (χ2n) is 4.81. The van der Waals surface area contributed by atoms with Gasteiger partial charge in [0.2, 0.25) is 0 Å². The predicted octanol–water partition coefficient (Wildman–Crippen LogP) is 0.778. The van der Waals surface area contributed by atoms with Crippen LogP contribution in [0.5, 0.6) is 0 Å². The molecule has 0 bridgehead atoms. The van der Waals surface area contributed by atoms with Gasteiger partial charge in [-0.2, -0.15) is 0 Å². The Morgan fingerprint density at radius 3 is 1.36 bits per heavy atom. The Bertz CT molecular complexity index is 176. The quantitative estimate of drug-likeness (QED) is 0.617. The average Bonchev–Trinajstić information content (AvgIpc) is 1.97. The first-order valence-corrected chi connectivity index (χ1v) is 5.32. The van der Waals surface area contributed by atoms with Crippen molar-refractivity contribution in [2.24, 2.45) is 0 Å². The SMILES string of the molecule is CC(C)[N+](CC(=O)[O-])(C(C)C)C(C)C. The number of rotatable bonds is 5. The van der Waals surface area contributed by atoms with Crippen molar-refractivity contribution in [3.63, 3.8) is 0 Å². The van der Waals surface area contributed by atoms with Crippen molar-refractivity contribution >= 4 is 5.97 Å². The Morgan fingerprint density at radius 1 is 1.00 bits per heavy atom. The van der Waals surface area contributed by atoms with E-state index in [0.717, 1.165) is 0 Å². The van der Waals surface area contributed by atoms with Crippen molar-refractivity contribution in [1.29, 1.82) is 0 Å². The molecule has 0 saturated carbocycles. The van der Waals surface area contributed by atoms with Crippen LogP contribution in [0.2, 0.25) is 0 Å². The molecule has 0 N–H and O–H groups in total. The number of nitrogens with zero attached hydrogens (tertiary/aromatic N) is 1. The summed E-state index contributed by atoms with van der Waals surface area (Å²) in [6, 6.07) is 0.897. The normalized spacial score (nSPS) is 12.9. The summed E-state index contributed by atoms with van der Waals surface area (Å²) < 4.78 is 0.586. The lowest BCUT2D eigenvalue weighted by molar-refractivity contribution is -0.980. The Morgan fingerprint density at radius 2 is 1.29 bits per heavy atom. The summed E-state index contributed by atoms with van der Waals surface area (Å²) in [6.07, 6.45) is 0. The highest BCUT2D eigenvalue weighted by Gasteiger charge is 2.37. The summed E-state index contributed by atoms with van der Waals surface area (Å²) in [7, 11) is 0. The molecule has 0 aromatic heterocycles. The third kappa shape index (κ3) is 2.47. The number of hydrogen-bond donors (Lipinski definition) is 0. The van der Waals surface area contributed by atoms with Gasteiger partial charge in [0.05, 0.1) is 24.1 Å². The zero-order valence-electron chi connectivity index (χ0n) is 10.2. The highest BCUT2D eigenvalue weighted by atomic mass is 16.4. The maximum atomic E-state index is 10.8. The third-order valence-electron chi connectivity index (χ3n) is 3.29. The summed E-state index contributed by atoms with van der Waals surface area (Å²) in [5.41, 5.74) is 0. The van der Waals surface area contributed by atoms with Crippen LogP contribution in [0.4, 0.5) is 0 Å². The van der Waals surface area contributed by atoms with Crippen LogP contribution in [0, 0.1) is 0 Å². The Balaban J connectivity index is 5.05. The molecule has 0 atom stereocenters. The van der Waals surface area contributed by atoms with E-state index in [4.69, 9.17) is 0 Å². The van der Waals surface area contributed by atoms with Crippen molar-refractivity contribution in [3.8, 4) is 0 Å². The Hall–Kier alpha value is -0.570. The van der Waals surface area contributed by atoms with Crippen LogP contribution in [0.1, 0.15) is 41.5 Å². The standard InChI is InChI=1S/C11H23NO2/c1-8(2)12(9(3)4,10(5)6)7-11(13)14/h8-10H,7H2,1-6H3. The van der Waals surface area contributed by atoms with Crippen molar-refractivity contribution in [3.05, 3.63) is 0 Å². The molecule has 0 aliphatic rings. The molecule has 0 amide bonds. The fraction of sp³-hybridized carbons (Fsp3) is 0.909. The first kappa shape index (κ1) is 13.4. The zero-order chi connectivity index (χ0) is 11.5. The molecular formula is C11H23NO2. The van der Waals surface area contributed by atoms with Crippen LogP contribution in [-0.2, 0) is 4.79 Å². The minimum Gasteiger partial charge on any atom is -0.544 e. The number of carbonyl (C=O) groups is 1. The summed E-state index contributed by atoms with van der Waals surface area (Å²) in [4.78, 5) is 10.8. The van der Waals surface area contributed by atoms with Gasteiger partial charge in [-0.05, 0) is 41.5 Å². The molecule has 14 heavy (non-hydrogen) atoms. The van der Waals surface area contributed by atoms with Gasteiger partial charge in [0.1, 0.15) is 6.54 Å². The molecule has 0 spiro atoms. The number of quaternary nitrogens is 1. The Labute approximate surface area is 87.3 Å². The van der Waals surface area contributed by atoms with Gasteiger partial charge < -0.3 is 14.4 Å². The smallest absolute Gasteiger partial charge is 0.120 e. The van der Waals surface area contributed by atoms with Crippen LogP contribution in [0.25, 0.3) is 0 Å². The van der Waals surface area contributed by atoms with Crippen molar-refractivity contribution in [1.82, 2.24) is 0 Å². The van der Waals surface area contributed by atoms with Crippen molar-refractivity contribution in [2.75, 3.05) is 6.54 Å². The van der Waals surface area contributed by atoms with Gasteiger partial charge in [-0.15, -0.1) is 0 Å². The topological polar surface area (TPSA) is 40.1 Å². The second kappa shape index (κ2) is 4.78. The number of hydrogen-bond acceptors (Lipinski definition) is 2. The zero-order valence-corrected chi connectivity index (χ0v) is 10.2. The summed E-state index contributed by atoms with van der Waals surface area (Å²) in [5, 5.41) is 10.8. The largest absolute Gasteiger partial charge is 0.544 e. The predicted molar refractivity (Wildman–Crippen MR) is 55.5 cm³/mol. The van der Waals surface area contributed by atoms with E-state index >= 15 is 0 Å². The molecule has 3 nitrogen and oxygen atoms in total. The summed E-state index contributed by atoms with van der Waals surface area (Å²) in [5.74, 6) is -0.957. The highest BCUT2D eigenvalue weighted by Crippen LogP contribution is 2.23. The van der Waals surface area contributed by atoms with E-state index in [1.54, 1.807) is 0 Å². The molecule has 0 saturated heterocycles. The molecule has 0 aliphatic carbocycles. The van der Waals surface area contributed by atoms with E-state index in [9.17, 15) is 9.90 Å². The minimum atomic E-state index is -0.957. The molecule has 0 aromatic rings. The molecule has 84 valence electrons. The van der Waals surface area contributed by atoms with Crippen LogP contribution in [-0.4, -0.2) is 35.1 Å². The molecule has 0 radical (unpaired) electrons. The fourth-order valence-electron chi connectivity index (χ4n) is 2.56. The van der Waals surface area contributed by atoms with E-state index in [-0.39, 0.29) is 6.54 Å². The lowest BCUT2D eigenvalue weighted by Gasteiger charge is -2.49. The van der Waals surface area contributed by atoms with Crippen LogP contribution < -0.4 is 5.11 Å². The lowest BCUT2D eigenvalue weighted by atomic mass is 10.1. The number of carbonyl (C=O) groups excluding carboxylic acids is 1. The van der Waals surface area contributed by atoms with Gasteiger partial charge in [-0.25, -0.2) is 0 Å². The van der Waals surface area contributed by atoms with Crippen molar-refractivity contribution in [2.45, 2.75) is 59.7 Å². The van der Waals surface area contributed by atoms with E-state index < -0.39 is 5.97 Å². The van der Waals surface area contributed by atoms with E-state index in [1.807, 2.05) is 0 Å². The van der Waals surface area contributed by atoms with Crippen molar-refractivity contribution < 1.29 is 14.4 Å². The summed E-state index contributed by atoms with van der Waals surface area (Å²) in [6.45, 7) is 12.5. The Kier molecular flexibility index (Phi) is 4.59. The molecule has 3 heteroatoms. The molecular weight excluding hydrogens is 178 g/mol. The molecule has 0 aliphatic heterocycles. The van der Waals surface area contributed by atoms with Gasteiger partial charge in [-0.1, -0.05) is 0 Å². The van der Waals surface area contributed by atoms with Gasteiger partial charge in [0, 0.05) is 0 Å². The molecule has 0 heterocycles. The maximum Gasteiger partial charge on any atom is 0.120 e. The minimum absolute atomic E-state index is 0.104. The second-order valence-corrected chi connectivity index (χ2v) is 4.81. The van der Waals surface area contributed by atoms with Gasteiger partial charge in [-0.3, -0.25) is 0 Å². The van der Waals surface area contributed by atoms with Gasteiger partial charge >= 0.3 is 0 Å².